The van der Waals surface area contributed by atoms with E-state index in [9.17, 15) is 10.0 Å². The fourth-order valence-corrected chi connectivity index (χ4v) is 2.92. The standard InChI is InChI=1S/C23H17NO4/c25-21-14-22(17-9-5-2-6-10-17)28-23-13-18(11-12-19(21)23)27-15-20(24-26)16-7-3-1-4-8-16/h1-14,26H,15H2/b24-20-. The predicted molar refractivity (Wildman–Crippen MR) is 108 cm³/mol. The van der Waals surface area contributed by atoms with Gasteiger partial charge in [0.15, 0.2) is 5.43 Å². The molecule has 3 aromatic carbocycles. The highest BCUT2D eigenvalue weighted by atomic mass is 16.5. The van der Waals surface area contributed by atoms with Crippen LogP contribution in [0.2, 0.25) is 0 Å². The highest BCUT2D eigenvalue weighted by Crippen LogP contribution is 2.25. The highest BCUT2D eigenvalue weighted by molar-refractivity contribution is 6.01. The van der Waals surface area contributed by atoms with Crippen LogP contribution in [0, 0.1) is 0 Å². The molecule has 4 rings (SSSR count). The quantitative estimate of drug-likeness (QED) is 0.313. The van der Waals surface area contributed by atoms with Crippen molar-refractivity contribution in [2.75, 3.05) is 6.61 Å². The third kappa shape index (κ3) is 3.64. The first-order valence-electron chi connectivity index (χ1n) is 8.77. The van der Waals surface area contributed by atoms with Gasteiger partial charge in [-0.2, -0.15) is 0 Å². The van der Waals surface area contributed by atoms with Crippen LogP contribution in [0.15, 0.2) is 99.3 Å². The van der Waals surface area contributed by atoms with Gasteiger partial charge in [-0.25, -0.2) is 0 Å². The lowest BCUT2D eigenvalue weighted by atomic mass is 10.1. The van der Waals surface area contributed by atoms with E-state index in [1.807, 2.05) is 60.7 Å². The Hall–Kier alpha value is -3.86. The lowest BCUT2D eigenvalue weighted by Gasteiger charge is -2.09. The average molecular weight is 371 g/mol. The smallest absolute Gasteiger partial charge is 0.193 e. The van der Waals surface area contributed by atoms with Crippen LogP contribution in [0.25, 0.3) is 22.3 Å². The van der Waals surface area contributed by atoms with Crippen molar-refractivity contribution in [1.29, 1.82) is 0 Å². The fourth-order valence-electron chi connectivity index (χ4n) is 2.92. The SMILES string of the molecule is O=c1cc(-c2ccccc2)oc2cc(OC/C(=N/O)c3ccccc3)ccc12. The van der Waals surface area contributed by atoms with Gasteiger partial charge in [0.1, 0.15) is 29.4 Å². The Morgan fingerprint density at radius 2 is 1.64 bits per heavy atom. The molecule has 0 atom stereocenters. The minimum absolute atomic E-state index is 0.0780. The monoisotopic (exact) mass is 371 g/mol. The van der Waals surface area contributed by atoms with Crippen molar-refractivity contribution in [3.63, 3.8) is 0 Å². The molecule has 4 aromatic rings. The van der Waals surface area contributed by atoms with E-state index in [-0.39, 0.29) is 12.0 Å². The Morgan fingerprint density at radius 3 is 2.36 bits per heavy atom. The maximum Gasteiger partial charge on any atom is 0.193 e. The Bertz CT molecular complexity index is 1180. The molecule has 0 amide bonds. The van der Waals surface area contributed by atoms with Crippen LogP contribution in [0.1, 0.15) is 5.56 Å². The van der Waals surface area contributed by atoms with Gasteiger partial charge in [-0.3, -0.25) is 4.79 Å². The summed E-state index contributed by atoms with van der Waals surface area (Å²) in [5, 5.41) is 13.1. The maximum absolute atomic E-state index is 12.4. The summed E-state index contributed by atoms with van der Waals surface area (Å²) in [6, 6.07) is 25.2. The topological polar surface area (TPSA) is 72.0 Å². The molecule has 1 N–H and O–H groups in total. The van der Waals surface area contributed by atoms with Crippen molar-refractivity contribution in [3.8, 4) is 17.1 Å². The van der Waals surface area contributed by atoms with Crippen LogP contribution in [-0.4, -0.2) is 17.5 Å². The molecule has 0 aliphatic heterocycles. The zero-order valence-corrected chi connectivity index (χ0v) is 14.9. The number of benzene rings is 3. The predicted octanol–water partition coefficient (Wildman–Crippen LogP) is 4.72. The zero-order chi connectivity index (χ0) is 19.3. The van der Waals surface area contributed by atoms with Crippen molar-refractivity contribution in [2.45, 2.75) is 0 Å². The zero-order valence-electron chi connectivity index (χ0n) is 14.9. The van der Waals surface area contributed by atoms with E-state index in [0.717, 1.165) is 11.1 Å². The van der Waals surface area contributed by atoms with E-state index in [2.05, 4.69) is 5.16 Å². The van der Waals surface area contributed by atoms with E-state index in [4.69, 9.17) is 9.15 Å². The third-order valence-corrected chi connectivity index (χ3v) is 4.36. The first-order valence-corrected chi connectivity index (χ1v) is 8.77. The van der Waals surface area contributed by atoms with Crippen molar-refractivity contribution in [2.24, 2.45) is 5.16 Å². The molecule has 0 bridgehead atoms. The fraction of sp³-hybridized carbons (Fsp3) is 0.0435. The summed E-state index contributed by atoms with van der Waals surface area (Å²) < 4.78 is 11.7. The molecule has 0 radical (unpaired) electrons. The summed E-state index contributed by atoms with van der Waals surface area (Å²) in [4.78, 5) is 12.4. The van der Waals surface area contributed by atoms with Crippen LogP contribution in [0.5, 0.6) is 5.75 Å². The number of hydrogen-bond donors (Lipinski definition) is 1. The Morgan fingerprint density at radius 1 is 0.929 bits per heavy atom. The summed E-state index contributed by atoms with van der Waals surface area (Å²) in [6.07, 6.45) is 0. The number of nitrogens with zero attached hydrogens (tertiary/aromatic N) is 1. The molecule has 0 spiro atoms. The van der Waals surface area contributed by atoms with Crippen molar-refractivity contribution in [3.05, 3.63) is 101 Å². The van der Waals surface area contributed by atoms with E-state index in [1.54, 1.807) is 18.2 Å². The summed E-state index contributed by atoms with van der Waals surface area (Å²) in [7, 11) is 0. The van der Waals surface area contributed by atoms with E-state index < -0.39 is 0 Å². The molecule has 0 aliphatic carbocycles. The molecule has 138 valence electrons. The molecule has 0 saturated heterocycles. The average Bonchev–Trinajstić information content (AvgIpc) is 2.75. The van der Waals surface area contributed by atoms with Gasteiger partial charge < -0.3 is 14.4 Å². The van der Waals surface area contributed by atoms with Crippen molar-refractivity contribution < 1.29 is 14.4 Å². The Balaban J connectivity index is 1.63. The minimum Gasteiger partial charge on any atom is -0.487 e. The third-order valence-electron chi connectivity index (χ3n) is 4.36. The summed E-state index contributed by atoms with van der Waals surface area (Å²) in [5.41, 5.74) is 2.31. The van der Waals surface area contributed by atoms with Gasteiger partial charge in [0.25, 0.3) is 0 Å². The lowest BCUT2D eigenvalue weighted by Crippen LogP contribution is -2.13. The maximum atomic E-state index is 12.4. The summed E-state index contributed by atoms with van der Waals surface area (Å²) in [5.74, 6) is 1.01. The largest absolute Gasteiger partial charge is 0.487 e. The molecule has 1 heterocycles. The van der Waals surface area contributed by atoms with Crippen molar-refractivity contribution >= 4 is 16.7 Å². The summed E-state index contributed by atoms with van der Waals surface area (Å²) >= 11 is 0. The molecule has 5 nitrogen and oxygen atoms in total. The van der Waals surface area contributed by atoms with Gasteiger partial charge >= 0.3 is 0 Å². The number of ether oxygens (including phenoxy) is 1. The van der Waals surface area contributed by atoms with Gasteiger partial charge in [-0.1, -0.05) is 65.8 Å². The second-order valence-electron chi connectivity index (χ2n) is 6.20. The molecular weight excluding hydrogens is 354 g/mol. The van der Waals surface area contributed by atoms with Gasteiger partial charge in [0, 0.05) is 23.3 Å². The van der Waals surface area contributed by atoms with Crippen LogP contribution in [0.3, 0.4) is 0 Å². The van der Waals surface area contributed by atoms with Gasteiger partial charge in [0.05, 0.1) is 5.39 Å². The molecule has 28 heavy (non-hydrogen) atoms. The molecule has 0 aliphatic rings. The van der Waals surface area contributed by atoms with E-state index in [0.29, 0.717) is 28.2 Å². The molecular formula is C23H17NO4. The van der Waals surface area contributed by atoms with Gasteiger partial charge in [-0.05, 0) is 12.1 Å². The molecule has 0 saturated carbocycles. The molecule has 0 fully saturated rings. The number of fused-ring (bicyclic) bond motifs is 1. The first kappa shape index (κ1) is 17.5. The number of oxime groups is 1. The van der Waals surface area contributed by atoms with Crippen LogP contribution in [0.4, 0.5) is 0 Å². The normalized spacial score (nSPS) is 11.5. The Labute approximate surface area is 161 Å². The molecule has 5 heteroatoms. The Kier molecular flexibility index (Phi) is 4.89. The van der Waals surface area contributed by atoms with E-state index in [1.165, 1.54) is 6.07 Å². The second kappa shape index (κ2) is 7.80. The minimum atomic E-state index is -0.117. The van der Waals surface area contributed by atoms with Crippen molar-refractivity contribution in [1.82, 2.24) is 0 Å². The first-order chi connectivity index (χ1) is 13.7. The van der Waals surface area contributed by atoms with Crippen LogP contribution in [-0.2, 0) is 0 Å². The van der Waals surface area contributed by atoms with Crippen LogP contribution >= 0.6 is 0 Å². The lowest BCUT2D eigenvalue weighted by molar-refractivity contribution is 0.308. The van der Waals surface area contributed by atoms with E-state index >= 15 is 0 Å². The number of hydrogen-bond acceptors (Lipinski definition) is 5. The number of rotatable bonds is 5. The van der Waals surface area contributed by atoms with Gasteiger partial charge in [0.2, 0.25) is 0 Å². The molecule has 0 unspecified atom stereocenters. The molecule has 1 aromatic heterocycles. The second-order valence-corrected chi connectivity index (χ2v) is 6.20. The van der Waals surface area contributed by atoms with Gasteiger partial charge in [-0.15, -0.1) is 0 Å². The van der Waals surface area contributed by atoms with Crippen LogP contribution < -0.4 is 10.2 Å². The summed E-state index contributed by atoms with van der Waals surface area (Å²) in [6.45, 7) is 0.0780. The highest BCUT2D eigenvalue weighted by Gasteiger charge is 2.10.